The molecule has 4 nitrogen and oxygen atoms in total. The van der Waals surface area contributed by atoms with Gasteiger partial charge in [0.15, 0.2) is 0 Å². The zero-order valence-corrected chi connectivity index (χ0v) is 12.1. The maximum absolute atomic E-state index is 11.4. The van der Waals surface area contributed by atoms with E-state index in [2.05, 4.69) is 4.72 Å². The number of rotatable bonds is 7. The maximum atomic E-state index is 11.4. The summed E-state index contributed by atoms with van der Waals surface area (Å²) in [5, 5.41) is 0.587. The highest BCUT2D eigenvalue weighted by molar-refractivity contribution is 7.89. The first-order chi connectivity index (χ1) is 8.48. The molecule has 0 radical (unpaired) electrons. The number of hydrogen-bond acceptors (Lipinski definition) is 3. The summed E-state index contributed by atoms with van der Waals surface area (Å²) in [6.07, 6.45) is 1.17. The third kappa shape index (κ3) is 4.84. The molecule has 1 aromatic rings. The fourth-order valence-electron chi connectivity index (χ4n) is 1.54. The molecule has 1 aromatic carbocycles. The van der Waals surface area contributed by atoms with Crippen molar-refractivity contribution in [2.75, 3.05) is 19.4 Å². The molecular weight excluding hydrogens is 274 g/mol. The van der Waals surface area contributed by atoms with Crippen LogP contribution in [0.2, 0.25) is 5.02 Å². The predicted molar refractivity (Wildman–Crippen MR) is 73.8 cm³/mol. The average Bonchev–Trinajstić information content (AvgIpc) is 2.31. The molecule has 102 valence electrons. The third-order valence-electron chi connectivity index (χ3n) is 2.45. The Morgan fingerprint density at radius 3 is 2.67 bits per heavy atom. The molecule has 0 aliphatic rings. The van der Waals surface area contributed by atoms with E-state index in [1.54, 1.807) is 13.2 Å². The van der Waals surface area contributed by atoms with Crippen LogP contribution in [0.4, 0.5) is 0 Å². The lowest BCUT2D eigenvalue weighted by Gasteiger charge is -2.08. The maximum Gasteiger partial charge on any atom is 0.211 e. The van der Waals surface area contributed by atoms with Crippen molar-refractivity contribution in [2.24, 2.45) is 0 Å². The first-order valence-corrected chi connectivity index (χ1v) is 7.81. The van der Waals surface area contributed by atoms with E-state index >= 15 is 0 Å². The van der Waals surface area contributed by atoms with Crippen LogP contribution in [0.3, 0.4) is 0 Å². The van der Waals surface area contributed by atoms with Crippen molar-refractivity contribution in [3.8, 4) is 5.75 Å². The Labute approximate surface area is 113 Å². The van der Waals surface area contributed by atoms with E-state index in [9.17, 15) is 8.42 Å². The minimum absolute atomic E-state index is 0.156. The van der Waals surface area contributed by atoms with Gasteiger partial charge >= 0.3 is 0 Å². The lowest BCUT2D eigenvalue weighted by atomic mass is 10.1. The summed E-state index contributed by atoms with van der Waals surface area (Å²) < 4.78 is 30.5. The average molecular weight is 292 g/mol. The van der Waals surface area contributed by atoms with Crippen molar-refractivity contribution >= 4 is 21.6 Å². The molecule has 0 saturated carbocycles. The van der Waals surface area contributed by atoms with Crippen LogP contribution >= 0.6 is 11.6 Å². The van der Waals surface area contributed by atoms with E-state index in [1.807, 2.05) is 19.1 Å². The van der Waals surface area contributed by atoms with E-state index in [4.69, 9.17) is 16.3 Å². The van der Waals surface area contributed by atoms with Gasteiger partial charge in [-0.2, -0.15) is 0 Å². The highest BCUT2D eigenvalue weighted by Crippen LogP contribution is 2.22. The van der Waals surface area contributed by atoms with Gasteiger partial charge in [0.05, 0.1) is 12.9 Å². The van der Waals surface area contributed by atoms with E-state index in [1.165, 1.54) is 0 Å². The molecule has 0 unspecified atom stereocenters. The summed E-state index contributed by atoms with van der Waals surface area (Å²) in [6, 6.07) is 5.37. The van der Waals surface area contributed by atoms with Crippen LogP contribution < -0.4 is 9.46 Å². The molecule has 0 heterocycles. The van der Waals surface area contributed by atoms with Gasteiger partial charge in [-0.3, -0.25) is 0 Å². The van der Waals surface area contributed by atoms with Crippen molar-refractivity contribution in [1.29, 1.82) is 0 Å². The quantitative estimate of drug-likeness (QED) is 0.838. The van der Waals surface area contributed by atoms with E-state index in [0.717, 1.165) is 5.56 Å². The van der Waals surface area contributed by atoms with Crippen LogP contribution in [0.1, 0.15) is 18.9 Å². The normalized spacial score (nSPS) is 11.5. The molecule has 1 N–H and O–H groups in total. The summed E-state index contributed by atoms with van der Waals surface area (Å²) in [4.78, 5) is 0. The summed E-state index contributed by atoms with van der Waals surface area (Å²) in [6.45, 7) is 2.19. The number of ether oxygens (including phenoxy) is 1. The van der Waals surface area contributed by atoms with E-state index < -0.39 is 10.0 Å². The van der Waals surface area contributed by atoms with Gasteiger partial charge < -0.3 is 4.74 Å². The number of sulfonamides is 1. The highest BCUT2D eigenvalue weighted by Gasteiger charge is 2.08. The molecule has 6 heteroatoms. The molecule has 0 spiro atoms. The molecule has 0 atom stereocenters. The van der Waals surface area contributed by atoms with Crippen LogP contribution in [0.25, 0.3) is 0 Å². The molecule has 0 amide bonds. The van der Waals surface area contributed by atoms with Gasteiger partial charge in [-0.15, -0.1) is 0 Å². The Morgan fingerprint density at radius 1 is 1.39 bits per heavy atom. The highest BCUT2D eigenvalue weighted by atomic mass is 35.5. The molecule has 18 heavy (non-hydrogen) atoms. The second kappa shape index (κ2) is 6.97. The lowest BCUT2D eigenvalue weighted by molar-refractivity contribution is 0.414. The van der Waals surface area contributed by atoms with Gasteiger partial charge in [0, 0.05) is 11.6 Å². The second-order valence-electron chi connectivity index (χ2n) is 3.92. The summed E-state index contributed by atoms with van der Waals surface area (Å²) in [5.41, 5.74) is 0.900. The van der Waals surface area contributed by atoms with Gasteiger partial charge in [-0.05, 0) is 30.5 Å². The lowest BCUT2D eigenvalue weighted by Crippen LogP contribution is -2.28. The van der Waals surface area contributed by atoms with Crippen LogP contribution in [0.5, 0.6) is 5.75 Å². The van der Waals surface area contributed by atoms with Gasteiger partial charge in [-0.1, -0.05) is 24.6 Å². The van der Waals surface area contributed by atoms with Crippen LogP contribution in [-0.4, -0.2) is 27.8 Å². The minimum atomic E-state index is -3.15. The fraction of sp³-hybridized carbons (Fsp3) is 0.500. The zero-order chi connectivity index (χ0) is 13.6. The van der Waals surface area contributed by atoms with Crippen LogP contribution in [0, 0.1) is 0 Å². The Hall–Kier alpha value is -0.780. The number of benzene rings is 1. The van der Waals surface area contributed by atoms with Crippen molar-refractivity contribution in [1.82, 2.24) is 4.72 Å². The number of hydrogen-bond donors (Lipinski definition) is 1. The molecule has 0 aliphatic carbocycles. The Bertz CT molecular complexity index is 488. The van der Waals surface area contributed by atoms with Gasteiger partial charge in [0.1, 0.15) is 5.75 Å². The van der Waals surface area contributed by atoms with Crippen molar-refractivity contribution in [2.45, 2.75) is 19.8 Å². The summed E-state index contributed by atoms with van der Waals surface area (Å²) >= 11 is 6.06. The minimum Gasteiger partial charge on any atom is -0.497 e. The molecule has 0 fully saturated rings. The summed E-state index contributed by atoms with van der Waals surface area (Å²) in [7, 11) is -1.57. The topological polar surface area (TPSA) is 55.4 Å². The molecule has 1 rings (SSSR count). The van der Waals surface area contributed by atoms with Crippen molar-refractivity contribution in [3.63, 3.8) is 0 Å². The van der Waals surface area contributed by atoms with Crippen molar-refractivity contribution in [3.05, 3.63) is 28.8 Å². The molecule has 0 saturated heterocycles. The molecule has 0 aliphatic heterocycles. The smallest absolute Gasteiger partial charge is 0.211 e. The Balaban J connectivity index is 2.54. The van der Waals surface area contributed by atoms with Gasteiger partial charge in [0.2, 0.25) is 10.0 Å². The Morgan fingerprint density at radius 2 is 2.11 bits per heavy atom. The summed E-state index contributed by atoms with van der Waals surface area (Å²) in [5.74, 6) is 0.846. The van der Waals surface area contributed by atoms with E-state index in [0.29, 0.717) is 30.2 Å². The third-order valence-corrected chi connectivity index (χ3v) is 4.39. The van der Waals surface area contributed by atoms with E-state index in [-0.39, 0.29) is 5.75 Å². The Kier molecular flexibility index (Phi) is 5.91. The standard InChI is InChI=1S/C12H18ClNO3S/c1-3-8-18(15,16)14-7-6-10-4-5-11(17-2)9-12(10)13/h4-5,9,14H,3,6-8H2,1-2H3. The second-order valence-corrected chi connectivity index (χ2v) is 6.25. The molecule has 0 aromatic heterocycles. The fourth-order valence-corrected chi connectivity index (χ4v) is 2.90. The molecule has 0 bridgehead atoms. The largest absolute Gasteiger partial charge is 0.497 e. The first kappa shape index (κ1) is 15.3. The SMILES string of the molecule is CCCS(=O)(=O)NCCc1ccc(OC)cc1Cl. The number of methoxy groups -OCH3 is 1. The van der Waals surface area contributed by atoms with Gasteiger partial charge in [-0.25, -0.2) is 13.1 Å². The number of halogens is 1. The number of nitrogens with one attached hydrogen (secondary N) is 1. The van der Waals surface area contributed by atoms with Crippen LogP contribution in [-0.2, 0) is 16.4 Å². The first-order valence-electron chi connectivity index (χ1n) is 5.78. The van der Waals surface area contributed by atoms with Crippen molar-refractivity contribution < 1.29 is 13.2 Å². The predicted octanol–water partition coefficient (Wildman–Crippen LogP) is 2.22. The van der Waals surface area contributed by atoms with Crippen LogP contribution in [0.15, 0.2) is 18.2 Å². The molecular formula is C12H18ClNO3S. The van der Waals surface area contributed by atoms with Gasteiger partial charge in [0.25, 0.3) is 0 Å². The monoisotopic (exact) mass is 291 g/mol. The zero-order valence-electron chi connectivity index (χ0n) is 10.6.